The van der Waals surface area contributed by atoms with Crippen molar-refractivity contribution in [2.24, 2.45) is 5.41 Å². The first-order valence-corrected chi connectivity index (χ1v) is 17.4. The number of rotatable bonds is 5. The van der Waals surface area contributed by atoms with Crippen molar-refractivity contribution in [1.29, 1.82) is 0 Å². The van der Waals surface area contributed by atoms with Gasteiger partial charge in [-0.15, -0.1) is 0 Å². The van der Waals surface area contributed by atoms with Crippen LogP contribution in [-0.4, -0.2) is 121 Å². The van der Waals surface area contributed by atoms with Gasteiger partial charge in [0.15, 0.2) is 0 Å². The third-order valence-corrected chi connectivity index (χ3v) is 12.0. The first-order valence-electron chi connectivity index (χ1n) is 17.4. The molecule has 6 aliphatic heterocycles. The number of benzene rings is 2. The monoisotopic (exact) mass is 653 g/mol. The lowest BCUT2D eigenvalue weighted by Gasteiger charge is -2.49. The van der Waals surface area contributed by atoms with Crippen molar-refractivity contribution in [2.45, 2.75) is 57.2 Å². The van der Waals surface area contributed by atoms with E-state index in [1.807, 2.05) is 23.1 Å². The number of nitrogens with one attached hydrogen (secondary N) is 2. The molecule has 2 N–H and O–H groups in total. The largest absolute Gasteiger partial charge is 0.371 e. The van der Waals surface area contributed by atoms with Gasteiger partial charge in [-0.3, -0.25) is 39.1 Å². The Morgan fingerprint density at radius 2 is 1.48 bits per heavy atom. The first kappa shape index (κ1) is 31.0. The molecular weight excluding hydrogens is 610 g/mol. The number of fused-ring (bicyclic) bond motifs is 1. The lowest BCUT2D eigenvalue weighted by molar-refractivity contribution is -0.136. The van der Waals surface area contributed by atoms with Crippen LogP contribution in [-0.2, 0) is 9.59 Å². The fourth-order valence-electron chi connectivity index (χ4n) is 8.70. The molecule has 2 atom stereocenters. The normalized spacial score (nSPS) is 26.3. The van der Waals surface area contributed by atoms with Crippen LogP contribution in [0, 0.1) is 5.41 Å². The number of imide groups is 2. The van der Waals surface area contributed by atoms with E-state index in [0.29, 0.717) is 36.2 Å². The Morgan fingerprint density at radius 3 is 2.15 bits per heavy atom. The van der Waals surface area contributed by atoms with Gasteiger partial charge in [0.25, 0.3) is 17.7 Å². The molecule has 0 aromatic heterocycles. The number of carbonyl (C=O) groups excluding carboxylic acids is 5. The minimum atomic E-state index is -0.970. The summed E-state index contributed by atoms with van der Waals surface area (Å²) in [6.07, 6.45) is 3.93. The highest BCUT2D eigenvalue weighted by molar-refractivity contribution is 6.23. The first-order chi connectivity index (χ1) is 23.2. The molecule has 12 nitrogen and oxygen atoms in total. The summed E-state index contributed by atoms with van der Waals surface area (Å²) in [7, 11) is 0. The number of amides is 5. The van der Waals surface area contributed by atoms with Gasteiger partial charge < -0.3 is 20.0 Å². The second-order valence-corrected chi connectivity index (χ2v) is 14.4. The molecule has 2 aromatic rings. The van der Waals surface area contributed by atoms with E-state index in [4.69, 9.17) is 0 Å². The van der Waals surface area contributed by atoms with Crippen LogP contribution in [0.5, 0.6) is 0 Å². The van der Waals surface area contributed by atoms with E-state index in [1.54, 1.807) is 12.1 Å². The lowest BCUT2D eigenvalue weighted by Crippen LogP contribution is -2.63. The van der Waals surface area contributed by atoms with Crippen molar-refractivity contribution in [3.05, 3.63) is 59.2 Å². The Morgan fingerprint density at radius 1 is 0.792 bits per heavy atom. The second kappa shape index (κ2) is 12.0. The highest BCUT2D eigenvalue weighted by Gasteiger charge is 2.46. The van der Waals surface area contributed by atoms with Crippen molar-refractivity contribution in [2.75, 3.05) is 68.7 Å². The standard InChI is InChI=1S/C36H43N7O5/c1-23-36(10-13-37-23)11-14-39(15-12-36)25-4-2-24(3-5-25)33(46)41-18-16-40(17-19-41)27-21-42(22-27)26-6-7-28-29(20-26)35(48)43(34(28)47)30-8-9-31(44)38-32(30)45/h2-7,20,23,27,30,37H,8-19,21-22H2,1H3,(H,38,44,45). The molecule has 5 saturated heterocycles. The van der Waals surface area contributed by atoms with Gasteiger partial charge in [0, 0.05) is 87.8 Å². The van der Waals surface area contributed by atoms with E-state index in [0.717, 1.165) is 62.0 Å². The molecule has 0 aliphatic carbocycles. The Hall–Kier alpha value is -4.29. The van der Waals surface area contributed by atoms with Crippen molar-refractivity contribution in [3.8, 4) is 0 Å². The number of carbonyl (C=O) groups is 5. The molecule has 6 aliphatic rings. The van der Waals surface area contributed by atoms with Gasteiger partial charge in [0.1, 0.15) is 6.04 Å². The predicted molar refractivity (Wildman–Crippen MR) is 179 cm³/mol. The molecule has 2 aromatic carbocycles. The summed E-state index contributed by atoms with van der Waals surface area (Å²) < 4.78 is 0. The lowest BCUT2D eigenvalue weighted by atomic mass is 9.73. The number of anilines is 2. The molecule has 5 amide bonds. The highest BCUT2D eigenvalue weighted by atomic mass is 16.2. The summed E-state index contributed by atoms with van der Waals surface area (Å²) in [6.45, 7) is 10.2. The summed E-state index contributed by atoms with van der Waals surface area (Å²) in [4.78, 5) is 73.6. The predicted octanol–water partition coefficient (Wildman–Crippen LogP) is 1.70. The van der Waals surface area contributed by atoms with E-state index in [2.05, 4.69) is 44.4 Å². The maximum Gasteiger partial charge on any atom is 0.262 e. The Balaban J connectivity index is 0.820. The molecule has 252 valence electrons. The maximum absolute atomic E-state index is 13.4. The fraction of sp³-hybridized carbons (Fsp3) is 0.528. The van der Waals surface area contributed by atoms with Crippen LogP contribution in [0.2, 0.25) is 0 Å². The van der Waals surface area contributed by atoms with Crippen LogP contribution in [0.1, 0.15) is 70.1 Å². The van der Waals surface area contributed by atoms with Crippen molar-refractivity contribution in [1.82, 2.24) is 25.3 Å². The zero-order valence-corrected chi connectivity index (χ0v) is 27.5. The smallest absolute Gasteiger partial charge is 0.262 e. The van der Waals surface area contributed by atoms with Crippen LogP contribution < -0.4 is 20.4 Å². The summed E-state index contributed by atoms with van der Waals surface area (Å²) in [5, 5.41) is 5.86. The van der Waals surface area contributed by atoms with Gasteiger partial charge in [-0.05, 0) is 87.0 Å². The molecule has 0 bridgehead atoms. The number of piperazine rings is 1. The molecular formula is C36H43N7O5. The molecule has 0 radical (unpaired) electrons. The second-order valence-electron chi connectivity index (χ2n) is 14.4. The van der Waals surface area contributed by atoms with Gasteiger partial charge in [-0.1, -0.05) is 0 Å². The van der Waals surface area contributed by atoms with Crippen molar-refractivity contribution >= 4 is 40.9 Å². The average molecular weight is 654 g/mol. The van der Waals surface area contributed by atoms with E-state index in [1.165, 1.54) is 24.9 Å². The Kier molecular flexibility index (Phi) is 7.75. The third-order valence-electron chi connectivity index (χ3n) is 12.0. The van der Waals surface area contributed by atoms with Gasteiger partial charge in [0.05, 0.1) is 11.1 Å². The minimum absolute atomic E-state index is 0.0867. The zero-order chi connectivity index (χ0) is 33.2. The van der Waals surface area contributed by atoms with E-state index in [9.17, 15) is 24.0 Å². The highest BCUT2D eigenvalue weighted by Crippen LogP contribution is 2.42. The molecule has 8 rings (SSSR count). The van der Waals surface area contributed by atoms with Crippen LogP contribution in [0.15, 0.2) is 42.5 Å². The van der Waals surface area contributed by atoms with Crippen molar-refractivity contribution in [3.63, 3.8) is 0 Å². The Labute approximate surface area is 280 Å². The van der Waals surface area contributed by atoms with Gasteiger partial charge in [-0.2, -0.15) is 0 Å². The molecule has 5 fully saturated rings. The SMILES string of the molecule is CC1NCCC12CCN(c1ccc(C(=O)N3CCN(C4CN(c5ccc6c(c5)C(=O)N(C5CCC(=O)NC5=O)C6=O)C4)CC3)cc1)CC2. The molecule has 1 spiro atoms. The van der Waals surface area contributed by atoms with Crippen LogP contribution in [0.4, 0.5) is 11.4 Å². The number of hydrogen-bond acceptors (Lipinski definition) is 9. The van der Waals surface area contributed by atoms with Gasteiger partial charge in [-0.25, -0.2) is 0 Å². The van der Waals surface area contributed by atoms with Crippen LogP contribution in [0.25, 0.3) is 0 Å². The summed E-state index contributed by atoms with van der Waals surface area (Å²) >= 11 is 0. The zero-order valence-electron chi connectivity index (χ0n) is 27.5. The third kappa shape index (κ3) is 5.25. The van der Waals surface area contributed by atoms with Crippen LogP contribution in [0.3, 0.4) is 0 Å². The van der Waals surface area contributed by atoms with Crippen LogP contribution >= 0.6 is 0 Å². The average Bonchev–Trinajstić information content (AvgIpc) is 3.55. The molecule has 48 heavy (non-hydrogen) atoms. The number of piperidine rings is 2. The molecule has 0 saturated carbocycles. The topological polar surface area (TPSA) is 126 Å². The maximum atomic E-state index is 13.4. The summed E-state index contributed by atoms with van der Waals surface area (Å²) in [5.74, 6) is -1.90. The molecule has 12 heteroatoms. The van der Waals surface area contributed by atoms with E-state index < -0.39 is 29.7 Å². The summed E-state index contributed by atoms with van der Waals surface area (Å²) in [6, 6.07) is 13.4. The molecule has 2 unspecified atom stereocenters. The molecule has 6 heterocycles. The van der Waals surface area contributed by atoms with Gasteiger partial charge in [0.2, 0.25) is 11.8 Å². The van der Waals surface area contributed by atoms with Gasteiger partial charge >= 0.3 is 0 Å². The minimum Gasteiger partial charge on any atom is -0.371 e. The van der Waals surface area contributed by atoms with E-state index >= 15 is 0 Å². The fourth-order valence-corrected chi connectivity index (χ4v) is 8.70. The summed E-state index contributed by atoms with van der Waals surface area (Å²) in [5.41, 5.74) is 3.83. The van der Waals surface area contributed by atoms with Crippen molar-refractivity contribution < 1.29 is 24.0 Å². The van der Waals surface area contributed by atoms with E-state index in [-0.39, 0.29) is 24.3 Å². The quantitative estimate of drug-likeness (QED) is 0.464. The number of nitrogens with zero attached hydrogens (tertiary/aromatic N) is 5. The Bertz CT molecular complexity index is 1650. The number of hydrogen-bond donors (Lipinski definition) is 2.